The molecule has 0 bridgehead atoms. The van der Waals surface area contributed by atoms with Crippen molar-refractivity contribution in [2.24, 2.45) is 0 Å². The molecular formula is C22H14BrNO2S. The first-order valence-corrected chi connectivity index (χ1v) is 10.1. The van der Waals surface area contributed by atoms with Crippen LogP contribution in [-0.4, -0.2) is 11.7 Å². The summed E-state index contributed by atoms with van der Waals surface area (Å²) in [7, 11) is 1.66. The van der Waals surface area contributed by atoms with Crippen molar-refractivity contribution in [2.45, 2.75) is 0 Å². The van der Waals surface area contributed by atoms with E-state index in [0.717, 1.165) is 47.3 Å². The first-order valence-electron chi connectivity index (χ1n) is 8.47. The average Bonchev–Trinajstić information content (AvgIpc) is 3.00. The molecule has 27 heavy (non-hydrogen) atoms. The zero-order valence-electron chi connectivity index (χ0n) is 14.4. The molecule has 0 atom stereocenters. The molecule has 0 aromatic heterocycles. The molecule has 0 spiro atoms. The molecule has 0 radical (unpaired) electrons. The molecule has 5 heteroatoms. The van der Waals surface area contributed by atoms with Gasteiger partial charge in [-0.05, 0) is 42.0 Å². The van der Waals surface area contributed by atoms with Crippen molar-refractivity contribution in [1.29, 1.82) is 0 Å². The maximum absolute atomic E-state index is 13.2. The van der Waals surface area contributed by atoms with Gasteiger partial charge in [0.15, 0.2) is 0 Å². The van der Waals surface area contributed by atoms with Crippen LogP contribution in [0.2, 0.25) is 0 Å². The number of halogens is 1. The topological polar surface area (TPSA) is 31.2 Å². The zero-order valence-corrected chi connectivity index (χ0v) is 16.8. The van der Waals surface area contributed by atoms with Crippen LogP contribution in [-0.2, 0) is 0 Å². The molecular weight excluding hydrogens is 422 g/mol. The van der Waals surface area contributed by atoms with Crippen molar-refractivity contribution in [1.82, 2.24) is 4.57 Å². The lowest BCUT2D eigenvalue weighted by Gasteiger charge is -2.15. The fraction of sp³-hybridized carbons (Fsp3) is 0.0455. The summed E-state index contributed by atoms with van der Waals surface area (Å²) in [5, 5.41) is 1.71. The highest BCUT2D eigenvalue weighted by Gasteiger charge is 2.22. The number of hydrogen-bond donors (Lipinski definition) is 0. The summed E-state index contributed by atoms with van der Waals surface area (Å²) in [5.41, 5.74) is 2.93. The molecule has 0 unspecified atom stereocenters. The minimum atomic E-state index is 0.0184. The molecule has 3 aromatic rings. The summed E-state index contributed by atoms with van der Waals surface area (Å²) in [6, 6.07) is 21.8. The van der Waals surface area contributed by atoms with Gasteiger partial charge in [0.1, 0.15) is 5.75 Å². The number of benzene rings is 3. The van der Waals surface area contributed by atoms with Crippen LogP contribution in [0.1, 0.15) is 0 Å². The van der Waals surface area contributed by atoms with Crippen LogP contribution >= 0.6 is 27.3 Å². The molecule has 3 nitrogen and oxygen atoms in total. The van der Waals surface area contributed by atoms with Crippen molar-refractivity contribution in [3.8, 4) is 21.9 Å². The predicted molar refractivity (Wildman–Crippen MR) is 116 cm³/mol. The van der Waals surface area contributed by atoms with Crippen molar-refractivity contribution >= 4 is 48.3 Å². The number of fused-ring (bicyclic) bond motifs is 5. The Hall–Kier alpha value is -2.63. The quantitative estimate of drug-likeness (QED) is 0.336. The monoisotopic (exact) mass is 435 g/mol. The van der Waals surface area contributed by atoms with Crippen LogP contribution in [0.25, 0.3) is 37.1 Å². The predicted octanol–water partition coefficient (Wildman–Crippen LogP) is 6.08. The fourth-order valence-electron chi connectivity index (χ4n) is 3.54. The van der Waals surface area contributed by atoms with Gasteiger partial charge in [0.05, 0.1) is 27.9 Å². The first kappa shape index (κ1) is 16.5. The Bertz CT molecular complexity index is 1350. The van der Waals surface area contributed by atoms with Gasteiger partial charge in [-0.2, -0.15) is 0 Å². The maximum Gasteiger partial charge on any atom is 0.263 e. The van der Waals surface area contributed by atoms with Crippen LogP contribution in [0.3, 0.4) is 0 Å². The second-order valence-corrected chi connectivity index (χ2v) is 8.28. The van der Waals surface area contributed by atoms with Gasteiger partial charge in [-0.15, -0.1) is 11.3 Å². The lowest BCUT2D eigenvalue weighted by molar-refractivity contribution is 0.415. The SMILES string of the molecule is COc1cccc(-c2sc3cc(Br)ccc3n3c(=O)c4ccccc4c2-3)c1. The third kappa shape index (κ3) is 2.50. The van der Waals surface area contributed by atoms with Crippen LogP contribution in [0.5, 0.6) is 5.75 Å². The van der Waals surface area contributed by atoms with Crippen molar-refractivity contribution in [2.75, 3.05) is 7.11 Å². The minimum Gasteiger partial charge on any atom is -0.497 e. The largest absolute Gasteiger partial charge is 0.497 e. The molecule has 5 rings (SSSR count). The third-order valence-corrected chi connectivity index (χ3v) is 6.43. The molecule has 0 saturated heterocycles. The Morgan fingerprint density at radius 1 is 0.963 bits per heavy atom. The van der Waals surface area contributed by atoms with E-state index in [1.54, 1.807) is 18.4 Å². The smallest absolute Gasteiger partial charge is 0.263 e. The summed E-state index contributed by atoms with van der Waals surface area (Å²) < 4.78 is 9.30. The Kier molecular flexibility index (Phi) is 3.81. The summed E-state index contributed by atoms with van der Waals surface area (Å²) in [4.78, 5) is 14.3. The highest BCUT2D eigenvalue weighted by molar-refractivity contribution is 9.10. The molecule has 132 valence electrons. The molecule has 2 heterocycles. The van der Waals surface area contributed by atoms with E-state index in [-0.39, 0.29) is 5.56 Å². The number of aromatic nitrogens is 1. The van der Waals surface area contributed by atoms with E-state index in [9.17, 15) is 4.79 Å². The van der Waals surface area contributed by atoms with Gasteiger partial charge in [0.25, 0.3) is 5.56 Å². The van der Waals surface area contributed by atoms with E-state index in [1.165, 1.54) is 0 Å². The second-order valence-electron chi connectivity index (χ2n) is 6.31. The van der Waals surface area contributed by atoms with Crippen molar-refractivity contribution < 1.29 is 4.74 Å². The normalized spacial score (nSPS) is 11.5. The van der Waals surface area contributed by atoms with Gasteiger partial charge < -0.3 is 4.74 Å². The summed E-state index contributed by atoms with van der Waals surface area (Å²) in [6.07, 6.45) is 0. The molecule has 2 aliphatic heterocycles. The molecule has 0 fully saturated rings. The minimum absolute atomic E-state index is 0.0184. The molecule has 2 aliphatic rings. The Balaban J connectivity index is 2.01. The van der Waals surface area contributed by atoms with Gasteiger partial charge in [-0.25, -0.2) is 0 Å². The van der Waals surface area contributed by atoms with Crippen LogP contribution in [0.15, 0.2) is 76.0 Å². The summed E-state index contributed by atoms with van der Waals surface area (Å²) in [6.45, 7) is 0. The third-order valence-electron chi connectivity index (χ3n) is 4.76. The number of ether oxygens (including phenoxy) is 1. The van der Waals surface area contributed by atoms with Gasteiger partial charge in [-0.1, -0.05) is 46.3 Å². The van der Waals surface area contributed by atoms with E-state index >= 15 is 0 Å². The zero-order chi connectivity index (χ0) is 18.5. The Morgan fingerprint density at radius 2 is 1.78 bits per heavy atom. The molecule has 0 amide bonds. The number of rotatable bonds is 2. The van der Waals surface area contributed by atoms with Crippen LogP contribution in [0.4, 0.5) is 0 Å². The maximum atomic E-state index is 13.2. The Labute approximate surface area is 167 Å². The summed E-state index contributed by atoms with van der Waals surface area (Å²) in [5.74, 6) is 0.797. The second kappa shape index (κ2) is 6.22. The molecule has 0 saturated carbocycles. The van der Waals surface area contributed by atoms with Crippen molar-refractivity contribution in [3.05, 3.63) is 81.6 Å². The van der Waals surface area contributed by atoms with Gasteiger partial charge >= 0.3 is 0 Å². The van der Waals surface area contributed by atoms with Gasteiger partial charge in [0.2, 0.25) is 0 Å². The van der Waals surface area contributed by atoms with E-state index in [4.69, 9.17) is 4.74 Å². The lowest BCUT2D eigenvalue weighted by atomic mass is 10.1. The van der Waals surface area contributed by atoms with Gasteiger partial charge in [0, 0.05) is 15.2 Å². The highest BCUT2D eigenvalue weighted by Crippen LogP contribution is 2.41. The molecule has 3 aromatic carbocycles. The number of nitrogens with zero attached hydrogens (tertiary/aromatic N) is 1. The summed E-state index contributed by atoms with van der Waals surface area (Å²) >= 11 is 5.24. The van der Waals surface area contributed by atoms with E-state index in [0.29, 0.717) is 0 Å². The van der Waals surface area contributed by atoms with Gasteiger partial charge in [-0.3, -0.25) is 9.36 Å². The van der Waals surface area contributed by atoms with E-state index < -0.39 is 0 Å². The first-order chi connectivity index (χ1) is 13.2. The number of hydrogen-bond acceptors (Lipinski definition) is 3. The van der Waals surface area contributed by atoms with E-state index in [2.05, 4.69) is 28.1 Å². The van der Waals surface area contributed by atoms with Crippen LogP contribution in [0, 0.1) is 0 Å². The lowest BCUT2D eigenvalue weighted by Crippen LogP contribution is -2.13. The van der Waals surface area contributed by atoms with Crippen LogP contribution < -0.4 is 10.3 Å². The molecule has 0 N–H and O–H groups in total. The van der Waals surface area contributed by atoms with E-state index in [1.807, 2.05) is 59.2 Å². The fourth-order valence-corrected chi connectivity index (χ4v) is 5.27. The molecule has 0 aliphatic carbocycles. The Morgan fingerprint density at radius 3 is 2.59 bits per heavy atom. The number of methoxy groups -OCH3 is 1. The highest BCUT2D eigenvalue weighted by atomic mass is 79.9. The average molecular weight is 436 g/mol. The standard InChI is InChI=1S/C22H14BrNO2S/c1-26-15-6-4-5-13(11-15)21-20-16-7-2-3-8-17(16)22(25)24(20)18-10-9-14(23)12-19(18)27-21/h2-12H,1H3. The van der Waals surface area contributed by atoms with Crippen molar-refractivity contribution in [3.63, 3.8) is 0 Å².